The molecule has 0 unspecified atom stereocenters. The van der Waals surface area contributed by atoms with Crippen LogP contribution >= 0.6 is 0 Å². The summed E-state index contributed by atoms with van der Waals surface area (Å²) in [6.45, 7) is 8.30. The zero-order chi connectivity index (χ0) is 9.61. The number of rotatable bonds is 5. The molecule has 0 heterocycles. The molecule has 0 atom stereocenters. The molecule has 0 aromatic heterocycles. The summed E-state index contributed by atoms with van der Waals surface area (Å²) in [4.78, 5) is 0. The summed E-state index contributed by atoms with van der Waals surface area (Å²) in [7, 11) is -0.332. The fourth-order valence-corrected chi connectivity index (χ4v) is 1.55. The Hall–Kier alpha value is -0.870. The van der Waals surface area contributed by atoms with Gasteiger partial charge < -0.3 is 0 Å². The Balaban J connectivity index is 4.71. The fourth-order valence-electron chi connectivity index (χ4n) is 0.958. The normalized spacial score (nSPS) is 10.4. The molecule has 0 saturated heterocycles. The highest BCUT2D eigenvalue weighted by molar-refractivity contribution is 7.71. The molecule has 0 fully saturated rings. The molecule has 0 aliphatic carbocycles. The number of quaternary nitrogens is 1. The molecule has 0 aromatic rings. The van der Waals surface area contributed by atoms with E-state index in [4.69, 9.17) is 0 Å². The maximum Gasteiger partial charge on any atom is 0.268 e. The highest BCUT2D eigenvalue weighted by Crippen LogP contribution is 1.97. The van der Waals surface area contributed by atoms with Crippen LogP contribution in [0, 0.1) is 0 Å². The number of hydrogen-bond acceptors (Lipinski definition) is 2. The van der Waals surface area contributed by atoms with Crippen LogP contribution in [0.3, 0.4) is 0 Å². The average Bonchev–Trinajstić information content (AvgIpc) is 1.85. The fraction of sp³-hybridized carbons (Fsp3) is 0.375. The minimum atomic E-state index is -2.14. The second kappa shape index (κ2) is 4.90. The van der Waals surface area contributed by atoms with Gasteiger partial charge >= 0.3 is 0 Å². The van der Waals surface area contributed by atoms with Gasteiger partial charge in [-0.1, -0.05) is 13.2 Å². The van der Waals surface area contributed by atoms with Crippen molar-refractivity contribution < 1.29 is 12.9 Å². The van der Waals surface area contributed by atoms with Crippen LogP contribution < -0.4 is 0 Å². The van der Waals surface area contributed by atoms with Crippen LogP contribution in [0.25, 0.3) is 0 Å². The maximum atomic E-state index is 10.4. The maximum absolute atomic E-state index is 10.4. The second-order valence-electron chi connectivity index (χ2n) is 2.79. The predicted molar refractivity (Wildman–Crippen MR) is 51.3 cm³/mol. The van der Waals surface area contributed by atoms with Crippen LogP contribution in [0.2, 0.25) is 0 Å². The van der Waals surface area contributed by atoms with Crippen LogP contribution in [0.5, 0.6) is 0 Å². The first-order chi connectivity index (χ1) is 5.54. The molecule has 0 aliphatic rings. The Labute approximate surface area is 74.7 Å². The summed E-state index contributed by atoms with van der Waals surface area (Å²) < 4.78 is 21.1. The lowest BCUT2D eigenvalue weighted by Crippen LogP contribution is -2.43. The molecule has 12 heavy (non-hydrogen) atoms. The van der Waals surface area contributed by atoms with Crippen molar-refractivity contribution in [2.24, 2.45) is 0 Å². The minimum absolute atomic E-state index is 0.295. The molecule has 0 aliphatic heterocycles. The van der Waals surface area contributed by atoms with Crippen molar-refractivity contribution in [3.63, 3.8) is 0 Å². The topological polar surface area (TPSA) is 34.1 Å². The van der Waals surface area contributed by atoms with Crippen molar-refractivity contribution in [3.8, 4) is 0 Å². The van der Waals surface area contributed by atoms with E-state index >= 15 is 0 Å². The first-order valence-corrected chi connectivity index (χ1v) is 4.68. The third kappa shape index (κ3) is 4.10. The van der Waals surface area contributed by atoms with Gasteiger partial charge in [-0.05, 0) is 12.2 Å². The van der Waals surface area contributed by atoms with E-state index in [9.17, 15) is 8.42 Å². The Morgan fingerprint density at radius 3 is 1.92 bits per heavy atom. The quantitative estimate of drug-likeness (QED) is 0.356. The lowest BCUT2D eigenvalue weighted by Gasteiger charge is -2.25. The molecule has 0 aromatic carbocycles. The van der Waals surface area contributed by atoms with E-state index < -0.39 is 10.3 Å². The molecule has 4 heteroatoms. The summed E-state index contributed by atoms with van der Waals surface area (Å²) in [6, 6.07) is 0. The van der Waals surface area contributed by atoms with Gasteiger partial charge in [0, 0.05) is 0 Å². The summed E-state index contributed by atoms with van der Waals surface area (Å²) in [5, 5.41) is 0. The van der Waals surface area contributed by atoms with Gasteiger partial charge in [-0.25, -0.2) is 0 Å². The van der Waals surface area contributed by atoms with Gasteiger partial charge in [-0.2, -0.15) is 8.42 Å². The molecule has 0 amide bonds. The second-order valence-corrected chi connectivity index (χ2v) is 3.52. The van der Waals surface area contributed by atoms with Crippen molar-refractivity contribution in [1.82, 2.24) is 0 Å². The van der Waals surface area contributed by atoms with Gasteiger partial charge in [0.25, 0.3) is 10.3 Å². The van der Waals surface area contributed by atoms with E-state index in [0.717, 1.165) is 0 Å². The predicted octanol–water partition coefficient (Wildman–Crippen LogP) is 0.444. The molecular weight excluding hydrogens is 174 g/mol. The zero-order valence-electron chi connectivity index (χ0n) is 7.23. The summed E-state index contributed by atoms with van der Waals surface area (Å²) in [5.41, 5.74) is 1.24. The molecule has 68 valence electrons. The molecule has 0 spiro atoms. The largest absolute Gasteiger partial charge is 0.280 e. The van der Waals surface area contributed by atoms with Crippen LogP contribution in [-0.4, -0.2) is 38.5 Å². The summed E-state index contributed by atoms with van der Waals surface area (Å²) in [5.74, 6) is 0. The van der Waals surface area contributed by atoms with Gasteiger partial charge in [0.15, 0.2) is 0 Å². The molecule has 0 bridgehead atoms. The molecule has 0 rings (SSSR count). The van der Waals surface area contributed by atoms with Gasteiger partial charge in [-0.3, -0.25) is 4.48 Å². The smallest absolute Gasteiger partial charge is 0.268 e. The third-order valence-corrected chi connectivity index (χ3v) is 2.11. The van der Waals surface area contributed by atoms with Crippen molar-refractivity contribution in [3.05, 3.63) is 25.3 Å². The van der Waals surface area contributed by atoms with E-state index in [1.165, 1.54) is 5.49 Å². The molecule has 0 N–H and O–H groups in total. The first-order valence-electron chi connectivity index (χ1n) is 3.54. The summed E-state index contributed by atoms with van der Waals surface area (Å²) in [6.07, 6.45) is 3.37. The standard InChI is InChI=1S/C8H14NO2S/c1-4-6-9(3,7-5-2)8-12(10)11/h4-5,8H,1-2,6-7H2,3H3/q+1. The van der Waals surface area contributed by atoms with E-state index in [2.05, 4.69) is 13.2 Å². The van der Waals surface area contributed by atoms with Crippen molar-refractivity contribution >= 4 is 15.8 Å². The van der Waals surface area contributed by atoms with Crippen LogP contribution in [0.1, 0.15) is 0 Å². The summed E-state index contributed by atoms with van der Waals surface area (Å²) >= 11 is 0. The zero-order valence-corrected chi connectivity index (χ0v) is 8.05. The SMILES string of the molecule is C=CC[N+](C)(C=S(=O)=O)CC=C. The monoisotopic (exact) mass is 188 g/mol. The van der Waals surface area contributed by atoms with Gasteiger partial charge in [0.05, 0.1) is 7.05 Å². The molecule has 3 nitrogen and oxygen atoms in total. The Kier molecular flexibility index (Phi) is 4.54. The van der Waals surface area contributed by atoms with E-state index in [0.29, 0.717) is 17.6 Å². The van der Waals surface area contributed by atoms with Crippen LogP contribution in [0.4, 0.5) is 0 Å². The number of likely N-dealkylation sites (N-methyl/N-ethyl adjacent to an activating group) is 1. The van der Waals surface area contributed by atoms with Gasteiger partial charge in [0.2, 0.25) is 5.49 Å². The van der Waals surface area contributed by atoms with Crippen LogP contribution in [0.15, 0.2) is 25.3 Å². The lowest BCUT2D eigenvalue weighted by molar-refractivity contribution is -0.798. The highest BCUT2D eigenvalue weighted by Gasteiger charge is 2.15. The van der Waals surface area contributed by atoms with Crippen LogP contribution in [-0.2, 0) is 10.3 Å². The minimum Gasteiger partial charge on any atom is -0.280 e. The van der Waals surface area contributed by atoms with E-state index in [1.54, 1.807) is 19.2 Å². The Bertz CT molecular complexity index is 272. The van der Waals surface area contributed by atoms with Gasteiger partial charge in [-0.15, -0.1) is 0 Å². The number of hydrogen-bond donors (Lipinski definition) is 0. The third-order valence-electron chi connectivity index (χ3n) is 1.43. The molecule has 0 saturated carbocycles. The average molecular weight is 188 g/mol. The van der Waals surface area contributed by atoms with Crippen molar-refractivity contribution in [1.29, 1.82) is 0 Å². The van der Waals surface area contributed by atoms with Crippen molar-refractivity contribution in [2.75, 3.05) is 20.1 Å². The molecular formula is C8H14NO2S+. The van der Waals surface area contributed by atoms with Crippen molar-refractivity contribution in [2.45, 2.75) is 0 Å². The Morgan fingerprint density at radius 2 is 1.67 bits per heavy atom. The lowest BCUT2D eigenvalue weighted by atomic mass is 10.4. The van der Waals surface area contributed by atoms with Gasteiger partial charge in [0.1, 0.15) is 13.1 Å². The highest BCUT2D eigenvalue weighted by atomic mass is 32.2. The number of nitrogens with zero attached hydrogens (tertiary/aromatic N) is 1. The Morgan fingerprint density at radius 1 is 1.25 bits per heavy atom. The molecule has 0 radical (unpaired) electrons. The van der Waals surface area contributed by atoms with E-state index in [1.807, 2.05) is 0 Å². The van der Waals surface area contributed by atoms with E-state index in [-0.39, 0.29) is 0 Å². The first kappa shape index (κ1) is 11.1.